The van der Waals surface area contributed by atoms with E-state index < -0.39 is 12.1 Å². The summed E-state index contributed by atoms with van der Waals surface area (Å²) in [5.41, 5.74) is 0.615. The highest BCUT2D eigenvalue weighted by atomic mass is 79.9. The number of phenols is 1. The van der Waals surface area contributed by atoms with Crippen molar-refractivity contribution in [2.24, 2.45) is 0 Å². The molecular formula is C11H13BrO5. The maximum Gasteiger partial charge on any atom is 0.339 e. The largest absolute Gasteiger partial charge is 0.504 e. The third-order valence-corrected chi connectivity index (χ3v) is 3.25. The van der Waals surface area contributed by atoms with Crippen molar-refractivity contribution in [3.05, 3.63) is 21.7 Å². The number of aliphatic hydroxyl groups is 1. The minimum atomic E-state index is -1.55. The van der Waals surface area contributed by atoms with Gasteiger partial charge < -0.3 is 19.7 Å². The summed E-state index contributed by atoms with van der Waals surface area (Å²) in [5, 5.41) is 19.7. The smallest absolute Gasteiger partial charge is 0.339 e. The Balaban J connectivity index is 3.40. The lowest BCUT2D eigenvalue weighted by Gasteiger charge is -2.17. The van der Waals surface area contributed by atoms with Crippen LogP contribution in [0.1, 0.15) is 17.2 Å². The lowest BCUT2D eigenvalue weighted by atomic mass is 10.0. The lowest BCUT2D eigenvalue weighted by molar-refractivity contribution is -0.150. The Morgan fingerprint density at radius 1 is 1.47 bits per heavy atom. The van der Waals surface area contributed by atoms with E-state index in [4.69, 9.17) is 4.74 Å². The molecule has 0 fully saturated rings. The van der Waals surface area contributed by atoms with E-state index in [1.807, 2.05) is 0 Å². The fraction of sp³-hybridized carbons (Fsp3) is 0.364. The Morgan fingerprint density at radius 3 is 2.53 bits per heavy atom. The van der Waals surface area contributed by atoms with Gasteiger partial charge in [-0.15, -0.1) is 0 Å². The van der Waals surface area contributed by atoms with Crippen molar-refractivity contribution in [1.82, 2.24) is 0 Å². The van der Waals surface area contributed by atoms with Gasteiger partial charge in [-0.25, -0.2) is 4.79 Å². The molecule has 1 aromatic rings. The molecule has 94 valence electrons. The second-order valence-corrected chi connectivity index (χ2v) is 4.23. The summed E-state index contributed by atoms with van der Waals surface area (Å²) in [4.78, 5) is 11.3. The average molecular weight is 305 g/mol. The summed E-state index contributed by atoms with van der Waals surface area (Å²) < 4.78 is 9.99. The Labute approximate surface area is 107 Å². The molecule has 2 N–H and O–H groups in total. The quantitative estimate of drug-likeness (QED) is 0.831. The van der Waals surface area contributed by atoms with Crippen LogP contribution in [0.2, 0.25) is 0 Å². The molecule has 1 rings (SSSR count). The molecule has 6 heteroatoms. The van der Waals surface area contributed by atoms with Gasteiger partial charge in [-0.1, -0.05) is 15.9 Å². The number of benzene rings is 1. The number of phenolic OH excluding ortho intramolecular Hbond substituents is 1. The Hall–Kier alpha value is -1.27. The number of halogens is 1. The van der Waals surface area contributed by atoms with Crippen molar-refractivity contribution in [2.45, 2.75) is 13.0 Å². The predicted octanol–water partition coefficient (Wildman–Crippen LogP) is 1.68. The highest BCUT2D eigenvalue weighted by Gasteiger charge is 2.26. The molecule has 0 saturated carbocycles. The topological polar surface area (TPSA) is 76.0 Å². The molecule has 0 amide bonds. The van der Waals surface area contributed by atoms with Gasteiger partial charge in [0.25, 0.3) is 0 Å². The van der Waals surface area contributed by atoms with Gasteiger partial charge in [-0.05, 0) is 18.6 Å². The summed E-state index contributed by atoms with van der Waals surface area (Å²) in [7, 11) is 2.54. The number of carbonyl (C=O) groups is 1. The van der Waals surface area contributed by atoms with Gasteiger partial charge in [0.05, 0.1) is 14.2 Å². The van der Waals surface area contributed by atoms with Gasteiger partial charge >= 0.3 is 5.97 Å². The summed E-state index contributed by atoms with van der Waals surface area (Å²) >= 11 is 3.26. The molecule has 1 aromatic carbocycles. The van der Waals surface area contributed by atoms with Crippen LogP contribution in [-0.4, -0.2) is 30.4 Å². The maximum atomic E-state index is 11.3. The van der Waals surface area contributed by atoms with Crippen LogP contribution in [0.5, 0.6) is 11.5 Å². The number of aromatic hydroxyl groups is 1. The predicted molar refractivity (Wildman–Crippen MR) is 64.1 cm³/mol. The fourth-order valence-corrected chi connectivity index (χ4v) is 1.87. The van der Waals surface area contributed by atoms with Crippen LogP contribution in [-0.2, 0) is 9.53 Å². The molecule has 0 aliphatic heterocycles. The van der Waals surface area contributed by atoms with Crippen LogP contribution in [0.3, 0.4) is 0 Å². The molecule has 0 radical (unpaired) electrons. The number of ether oxygens (including phenoxy) is 2. The first-order chi connectivity index (χ1) is 7.93. The molecule has 17 heavy (non-hydrogen) atoms. The van der Waals surface area contributed by atoms with Gasteiger partial charge in [-0.2, -0.15) is 0 Å². The first-order valence-corrected chi connectivity index (χ1v) is 5.55. The van der Waals surface area contributed by atoms with Gasteiger partial charge in [0.2, 0.25) is 0 Å². The van der Waals surface area contributed by atoms with Crippen LogP contribution >= 0.6 is 15.9 Å². The third kappa shape index (κ3) is 2.53. The van der Waals surface area contributed by atoms with Crippen molar-refractivity contribution in [2.75, 3.05) is 14.2 Å². The maximum absolute atomic E-state index is 11.3. The number of carbonyl (C=O) groups excluding carboxylic acids is 1. The number of rotatable bonds is 3. The second kappa shape index (κ2) is 5.37. The summed E-state index contributed by atoms with van der Waals surface area (Å²) in [6.07, 6.45) is -1.55. The number of hydrogen-bond donors (Lipinski definition) is 2. The minimum Gasteiger partial charge on any atom is -0.504 e. The van der Waals surface area contributed by atoms with Gasteiger partial charge in [0.1, 0.15) is 0 Å². The molecule has 0 spiro atoms. The van der Waals surface area contributed by atoms with Crippen LogP contribution in [0, 0.1) is 6.92 Å². The average Bonchev–Trinajstić information content (AvgIpc) is 2.32. The molecule has 0 aromatic heterocycles. The highest BCUT2D eigenvalue weighted by molar-refractivity contribution is 9.10. The van der Waals surface area contributed by atoms with Crippen molar-refractivity contribution in [1.29, 1.82) is 0 Å². The Bertz CT molecular complexity index is 444. The molecule has 0 heterocycles. The Morgan fingerprint density at radius 2 is 2.06 bits per heavy atom. The van der Waals surface area contributed by atoms with E-state index in [0.29, 0.717) is 10.0 Å². The van der Waals surface area contributed by atoms with E-state index in [0.717, 1.165) is 7.11 Å². The van der Waals surface area contributed by atoms with E-state index in [-0.39, 0.29) is 17.1 Å². The Kier molecular flexibility index (Phi) is 4.36. The second-order valence-electron chi connectivity index (χ2n) is 3.37. The summed E-state index contributed by atoms with van der Waals surface area (Å²) in [6.45, 7) is 1.66. The standard InChI is InChI=1S/C11H13BrO5/c1-5-6(12)4-7(16-2)9(13)8(5)10(14)11(15)17-3/h4,10,13-14H,1-3H3. The summed E-state index contributed by atoms with van der Waals surface area (Å²) in [5.74, 6) is -0.949. The number of methoxy groups -OCH3 is 2. The van der Waals surface area contributed by atoms with E-state index in [1.165, 1.54) is 7.11 Å². The molecule has 0 aliphatic rings. The molecule has 1 atom stereocenters. The van der Waals surface area contributed by atoms with Crippen LogP contribution < -0.4 is 4.74 Å². The van der Waals surface area contributed by atoms with Gasteiger partial charge in [0, 0.05) is 10.0 Å². The highest BCUT2D eigenvalue weighted by Crippen LogP contribution is 2.40. The number of hydrogen-bond acceptors (Lipinski definition) is 5. The van der Waals surface area contributed by atoms with E-state index in [9.17, 15) is 15.0 Å². The summed E-state index contributed by atoms with van der Waals surface area (Å²) in [6, 6.07) is 1.55. The molecule has 5 nitrogen and oxygen atoms in total. The zero-order valence-electron chi connectivity index (χ0n) is 9.65. The van der Waals surface area contributed by atoms with Gasteiger partial charge in [-0.3, -0.25) is 0 Å². The molecule has 0 saturated heterocycles. The molecule has 1 unspecified atom stereocenters. The zero-order valence-corrected chi connectivity index (χ0v) is 11.2. The number of aliphatic hydroxyl groups excluding tert-OH is 1. The van der Waals surface area contributed by atoms with Crippen molar-refractivity contribution < 1.29 is 24.5 Å². The van der Waals surface area contributed by atoms with E-state index in [2.05, 4.69) is 20.7 Å². The SMILES string of the molecule is COC(=O)C(O)c1c(C)c(Br)cc(OC)c1O. The lowest BCUT2D eigenvalue weighted by Crippen LogP contribution is -2.15. The van der Waals surface area contributed by atoms with E-state index in [1.54, 1.807) is 13.0 Å². The van der Waals surface area contributed by atoms with Crippen molar-refractivity contribution in [3.8, 4) is 11.5 Å². The normalized spacial score (nSPS) is 12.1. The molecule has 0 bridgehead atoms. The van der Waals surface area contributed by atoms with Crippen molar-refractivity contribution >= 4 is 21.9 Å². The van der Waals surface area contributed by atoms with Crippen molar-refractivity contribution in [3.63, 3.8) is 0 Å². The first-order valence-electron chi connectivity index (χ1n) is 4.75. The van der Waals surface area contributed by atoms with E-state index >= 15 is 0 Å². The van der Waals surface area contributed by atoms with Crippen LogP contribution in [0.4, 0.5) is 0 Å². The minimum absolute atomic E-state index is 0.0723. The molecular weight excluding hydrogens is 292 g/mol. The number of esters is 1. The zero-order chi connectivity index (χ0) is 13.2. The fourth-order valence-electron chi connectivity index (χ4n) is 1.45. The molecule has 0 aliphatic carbocycles. The van der Waals surface area contributed by atoms with Crippen LogP contribution in [0.25, 0.3) is 0 Å². The van der Waals surface area contributed by atoms with Gasteiger partial charge in [0.15, 0.2) is 17.6 Å². The van der Waals surface area contributed by atoms with Crippen LogP contribution in [0.15, 0.2) is 10.5 Å². The monoisotopic (exact) mass is 304 g/mol. The third-order valence-electron chi connectivity index (χ3n) is 2.43. The first kappa shape index (κ1) is 13.8.